The number of nitrogens with zero attached hydrogens (tertiary/aromatic N) is 4. The lowest BCUT2D eigenvalue weighted by atomic mass is 10.1. The van der Waals surface area contributed by atoms with Crippen molar-refractivity contribution >= 4 is 17.7 Å². The van der Waals surface area contributed by atoms with Crippen LogP contribution < -0.4 is 5.32 Å². The summed E-state index contributed by atoms with van der Waals surface area (Å²) in [4.78, 5) is 23.3. The molecule has 1 amide bonds. The number of Topliss-reactive ketones (excluding diaryl/α,β-unsaturated/α-hetero) is 1. The van der Waals surface area contributed by atoms with E-state index in [2.05, 4.69) is 20.6 Å². The molecule has 1 N–H and O–H groups in total. The Kier molecular flexibility index (Phi) is 3.71. The van der Waals surface area contributed by atoms with Gasteiger partial charge in [-0.25, -0.2) is 0 Å². The summed E-state index contributed by atoms with van der Waals surface area (Å²) in [5, 5.41) is 14.2. The average Bonchev–Trinajstić information content (AvgIpc) is 3.16. The number of rotatable bonds is 4. The van der Waals surface area contributed by atoms with E-state index in [1.165, 1.54) is 6.92 Å². The van der Waals surface area contributed by atoms with Crippen LogP contribution >= 0.6 is 0 Å². The quantitative estimate of drug-likeness (QED) is 0.738. The van der Waals surface area contributed by atoms with E-state index in [1.54, 1.807) is 48.3 Å². The number of anilines is 1. The molecule has 0 fully saturated rings. The number of ketones is 1. The molecule has 1 aromatic carbocycles. The van der Waals surface area contributed by atoms with Gasteiger partial charge >= 0.3 is 6.01 Å². The topological polar surface area (TPSA) is 103 Å². The average molecular weight is 311 g/mol. The van der Waals surface area contributed by atoms with Gasteiger partial charge in [0.25, 0.3) is 11.8 Å². The van der Waals surface area contributed by atoms with Gasteiger partial charge in [0, 0.05) is 24.4 Å². The third-order valence-electron chi connectivity index (χ3n) is 3.24. The minimum absolute atomic E-state index is 0.0122. The third-order valence-corrected chi connectivity index (χ3v) is 3.24. The highest BCUT2D eigenvalue weighted by Crippen LogP contribution is 2.19. The summed E-state index contributed by atoms with van der Waals surface area (Å²) in [6.45, 7) is 1.47. The van der Waals surface area contributed by atoms with Crippen molar-refractivity contribution in [1.29, 1.82) is 0 Å². The lowest BCUT2D eigenvalue weighted by Crippen LogP contribution is -2.12. The monoisotopic (exact) mass is 311 g/mol. The van der Waals surface area contributed by atoms with Crippen molar-refractivity contribution in [2.24, 2.45) is 7.05 Å². The molecule has 0 aliphatic rings. The van der Waals surface area contributed by atoms with Crippen LogP contribution in [0.2, 0.25) is 0 Å². The summed E-state index contributed by atoms with van der Waals surface area (Å²) in [6.07, 6.45) is 1.61. The van der Waals surface area contributed by atoms with Gasteiger partial charge in [0.05, 0.1) is 0 Å². The van der Waals surface area contributed by atoms with Crippen molar-refractivity contribution in [1.82, 2.24) is 20.0 Å². The van der Waals surface area contributed by atoms with Crippen LogP contribution in [0.25, 0.3) is 11.6 Å². The largest absolute Gasteiger partial charge is 0.401 e. The minimum Gasteiger partial charge on any atom is -0.401 e. The first-order valence-corrected chi connectivity index (χ1v) is 6.79. The molecule has 0 saturated heterocycles. The van der Waals surface area contributed by atoms with Crippen LogP contribution in [0.1, 0.15) is 27.6 Å². The van der Waals surface area contributed by atoms with Crippen molar-refractivity contribution < 1.29 is 14.0 Å². The molecule has 8 heteroatoms. The number of nitrogens with one attached hydrogen (secondary N) is 1. The Balaban J connectivity index is 1.74. The smallest absolute Gasteiger partial charge is 0.322 e. The van der Waals surface area contributed by atoms with Crippen LogP contribution in [0.5, 0.6) is 0 Å². The Bertz CT molecular complexity index is 863. The summed E-state index contributed by atoms with van der Waals surface area (Å²) in [5.74, 6) is -0.206. The van der Waals surface area contributed by atoms with Gasteiger partial charge in [-0.15, -0.1) is 5.10 Å². The van der Waals surface area contributed by atoms with Crippen molar-refractivity contribution in [3.63, 3.8) is 0 Å². The van der Waals surface area contributed by atoms with Gasteiger partial charge in [-0.1, -0.05) is 17.2 Å². The lowest BCUT2D eigenvalue weighted by Gasteiger charge is -2.01. The van der Waals surface area contributed by atoms with Gasteiger partial charge < -0.3 is 4.42 Å². The summed E-state index contributed by atoms with van der Waals surface area (Å²) < 4.78 is 6.98. The van der Waals surface area contributed by atoms with Gasteiger partial charge in [0.2, 0.25) is 0 Å². The predicted octanol–water partition coefficient (Wildman–Crippen LogP) is 1.92. The first-order valence-electron chi connectivity index (χ1n) is 6.79. The fraction of sp³-hybridized carbons (Fsp3) is 0.133. The Morgan fingerprint density at radius 1 is 1.09 bits per heavy atom. The highest BCUT2D eigenvalue weighted by Gasteiger charge is 2.14. The maximum Gasteiger partial charge on any atom is 0.322 e. The number of aryl methyl sites for hydroxylation is 1. The SMILES string of the molecule is CC(=O)c1ccc(C(=O)Nc2nnc(-c3ccnn3C)o2)cc1. The Morgan fingerprint density at radius 3 is 2.39 bits per heavy atom. The van der Waals surface area contributed by atoms with Crippen LogP contribution in [0.3, 0.4) is 0 Å². The molecule has 8 nitrogen and oxygen atoms in total. The van der Waals surface area contributed by atoms with E-state index in [0.29, 0.717) is 16.8 Å². The summed E-state index contributed by atoms with van der Waals surface area (Å²) in [6, 6.07) is 8.01. The molecular weight excluding hydrogens is 298 g/mol. The number of hydrogen-bond donors (Lipinski definition) is 1. The van der Waals surface area contributed by atoms with Gasteiger partial charge in [0.15, 0.2) is 5.78 Å². The third kappa shape index (κ3) is 3.00. The standard InChI is InChI=1S/C15H13N5O3/c1-9(21)10-3-5-11(6-4-10)13(22)17-15-19-18-14(23-15)12-7-8-16-20(12)2/h3-8H,1-2H3,(H,17,19,22). The zero-order valence-corrected chi connectivity index (χ0v) is 12.5. The van der Waals surface area contributed by atoms with Crippen LogP contribution in [-0.2, 0) is 7.05 Å². The van der Waals surface area contributed by atoms with E-state index in [0.717, 1.165) is 0 Å². The lowest BCUT2D eigenvalue weighted by molar-refractivity contribution is 0.100. The van der Waals surface area contributed by atoms with Gasteiger partial charge in [-0.05, 0) is 25.1 Å². The Morgan fingerprint density at radius 2 is 1.78 bits per heavy atom. The molecule has 0 unspecified atom stereocenters. The van der Waals surface area contributed by atoms with Crippen LogP contribution in [-0.4, -0.2) is 31.7 Å². The zero-order valence-electron chi connectivity index (χ0n) is 12.5. The molecule has 0 saturated carbocycles. The molecule has 3 aromatic rings. The molecule has 116 valence electrons. The van der Waals surface area contributed by atoms with E-state index in [4.69, 9.17) is 4.42 Å². The second-order valence-corrected chi connectivity index (χ2v) is 4.84. The maximum absolute atomic E-state index is 12.1. The molecule has 0 aliphatic heterocycles. The molecule has 0 atom stereocenters. The summed E-state index contributed by atoms with van der Waals surface area (Å²) >= 11 is 0. The van der Waals surface area contributed by atoms with E-state index in [1.807, 2.05) is 0 Å². The molecule has 3 rings (SSSR count). The first kappa shape index (κ1) is 14.6. The molecule has 0 bridgehead atoms. The zero-order chi connectivity index (χ0) is 16.4. The number of amides is 1. The Labute approximate surface area is 131 Å². The van der Waals surface area contributed by atoms with Crippen LogP contribution in [0, 0.1) is 0 Å². The van der Waals surface area contributed by atoms with E-state index < -0.39 is 5.91 Å². The second-order valence-electron chi connectivity index (χ2n) is 4.84. The predicted molar refractivity (Wildman–Crippen MR) is 80.9 cm³/mol. The first-order chi connectivity index (χ1) is 11.0. The van der Waals surface area contributed by atoms with Gasteiger partial charge in [0.1, 0.15) is 5.69 Å². The molecule has 23 heavy (non-hydrogen) atoms. The minimum atomic E-state index is -0.402. The van der Waals surface area contributed by atoms with E-state index >= 15 is 0 Å². The molecule has 2 heterocycles. The van der Waals surface area contributed by atoms with E-state index in [9.17, 15) is 9.59 Å². The number of carbonyl (C=O) groups excluding carboxylic acids is 2. The number of benzene rings is 1. The fourth-order valence-electron chi connectivity index (χ4n) is 1.99. The number of hydrogen-bond acceptors (Lipinski definition) is 6. The fourth-order valence-corrected chi connectivity index (χ4v) is 1.99. The maximum atomic E-state index is 12.1. The van der Waals surface area contributed by atoms with Crippen molar-refractivity contribution in [3.05, 3.63) is 47.7 Å². The van der Waals surface area contributed by atoms with Crippen molar-refractivity contribution in [2.75, 3.05) is 5.32 Å². The van der Waals surface area contributed by atoms with Crippen LogP contribution in [0.4, 0.5) is 6.01 Å². The highest BCUT2D eigenvalue weighted by molar-refractivity contribution is 6.04. The van der Waals surface area contributed by atoms with Gasteiger partial charge in [-0.3, -0.25) is 19.6 Å². The van der Waals surface area contributed by atoms with Gasteiger partial charge in [-0.2, -0.15) is 5.10 Å². The van der Waals surface area contributed by atoms with Crippen molar-refractivity contribution in [3.8, 4) is 11.6 Å². The number of aromatic nitrogens is 4. The summed E-state index contributed by atoms with van der Waals surface area (Å²) in [7, 11) is 1.74. The number of carbonyl (C=O) groups is 2. The molecular formula is C15H13N5O3. The molecule has 0 radical (unpaired) electrons. The molecule has 2 aromatic heterocycles. The second kappa shape index (κ2) is 5.84. The highest BCUT2D eigenvalue weighted by atomic mass is 16.4. The van der Waals surface area contributed by atoms with E-state index in [-0.39, 0.29) is 17.7 Å². The summed E-state index contributed by atoms with van der Waals surface area (Å²) in [5.41, 5.74) is 1.57. The van der Waals surface area contributed by atoms with Crippen molar-refractivity contribution in [2.45, 2.75) is 6.92 Å². The normalized spacial score (nSPS) is 10.5. The molecule has 0 aliphatic carbocycles. The van der Waals surface area contributed by atoms with Crippen LogP contribution in [0.15, 0.2) is 40.9 Å². The Hall–Kier alpha value is -3.29. The molecule has 0 spiro atoms.